The highest BCUT2D eigenvalue weighted by atomic mass is 16.6. The zero-order chi connectivity index (χ0) is 19.4. The number of hydrogen-bond acceptors (Lipinski definition) is 4. The van der Waals surface area contributed by atoms with Crippen LogP contribution in [0.15, 0.2) is 48.5 Å². The second kappa shape index (κ2) is 7.77. The van der Waals surface area contributed by atoms with Crippen molar-refractivity contribution in [2.75, 3.05) is 7.05 Å². The molecule has 0 aliphatic heterocycles. The van der Waals surface area contributed by atoms with Crippen LogP contribution in [0.25, 0.3) is 0 Å². The average molecular weight is 356 g/mol. The van der Waals surface area contributed by atoms with E-state index in [0.29, 0.717) is 0 Å². The maximum absolute atomic E-state index is 12.9. The predicted molar refractivity (Wildman–Crippen MR) is 96.2 cm³/mol. The normalized spacial score (nSPS) is 11.8. The molecule has 136 valence electrons. The molecule has 2 rings (SSSR count). The van der Waals surface area contributed by atoms with Crippen molar-refractivity contribution >= 4 is 17.6 Å². The molecule has 26 heavy (non-hydrogen) atoms. The van der Waals surface area contributed by atoms with Crippen LogP contribution in [0.5, 0.6) is 0 Å². The first kappa shape index (κ1) is 19.1. The predicted octanol–water partition coefficient (Wildman–Crippen LogP) is 3.76. The lowest BCUT2D eigenvalue weighted by Gasteiger charge is -2.32. The van der Waals surface area contributed by atoms with Crippen LogP contribution in [0, 0.1) is 16.0 Å². The number of carbonyl (C=O) groups excluding carboxylic acids is 1. The minimum atomic E-state index is -1.33. The summed E-state index contributed by atoms with van der Waals surface area (Å²) in [5, 5.41) is 20.2. The highest BCUT2D eigenvalue weighted by molar-refractivity contribution is 5.98. The standard InChI is InChI=1S/C19H20N2O5/c1-12(2)17(13-7-5-4-6-8-13)20(3)18(22)14-9-15(19(23)24)11-16(10-14)21(25)26/h4-12,17H,1-3H3,(H,23,24). The van der Waals surface area contributed by atoms with Gasteiger partial charge in [-0.2, -0.15) is 0 Å². The van der Waals surface area contributed by atoms with E-state index in [4.69, 9.17) is 5.11 Å². The summed E-state index contributed by atoms with van der Waals surface area (Å²) >= 11 is 0. The molecule has 0 saturated carbocycles. The number of nitrogens with zero attached hydrogens (tertiary/aromatic N) is 2. The van der Waals surface area contributed by atoms with Crippen LogP contribution in [0.2, 0.25) is 0 Å². The van der Waals surface area contributed by atoms with E-state index in [1.807, 2.05) is 44.2 Å². The number of nitro groups is 1. The van der Waals surface area contributed by atoms with Gasteiger partial charge >= 0.3 is 5.97 Å². The first-order chi connectivity index (χ1) is 12.2. The summed E-state index contributed by atoms with van der Waals surface area (Å²) in [5.74, 6) is -1.71. The molecule has 1 unspecified atom stereocenters. The van der Waals surface area contributed by atoms with Gasteiger partial charge in [-0.05, 0) is 17.5 Å². The van der Waals surface area contributed by atoms with Crippen LogP contribution in [-0.4, -0.2) is 33.9 Å². The Labute approximate surface area is 151 Å². The Morgan fingerprint density at radius 1 is 1.08 bits per heavy atom. The van der Waals surface area contributed by atoms with Gasteiger partial charge in [-0.25, -0.2) is 4.79 Å². The van der Waals surface area contributed by atoms with Crippen molar-refractivity contribution in [3.63, 3.8) is 0 Å². The number of amides is 1. The number of carboxylic acid groups (broad SMARTS) is 1. The Morgan fingerprint density at radius 2 is 1.65 bits per heavy atom. The topological polar surface area (TPSA) is 101 Å². The molecule has 1 atom stereocenters. The first-order valence-electron chi connectivity index (χ1n) is 8.07. The van der Waals surface area contributed by atoms with Gasteiger partial charge in [0.25, 0.3) is 11.6 Å². The Kier molecular flexibility index (Phi) is 5.71. The van der Waals surface area contributed by atoms with E-state index < -0.39 is 22.5 Å². The third kappa shape index (κ3) is 4.05. The van der Waals surface area contributed by atoms with Gasteiger partial charge in [-0.15, -0.1) is 0 Å². The summed E-state index contributed by atoms with van der Waals surface area (Å²) in [6.45, 7) is 3.94. The van der Waals surface area contributed by atoms with E-state index in [9.17, 15) is 19.7 Å². The number of carboxylic acids is 1. The average Bonchev–Trinajstić information content (AvgIpc) is 2.61. The van der Waals surface area contributed by atoms with Gasteiger partial charge in [-0.3, -0.25) is 14.9 Å². The summed E-state index contributed by atoms with van der Waals surface area (Å²) in [6, 6.07) is 12.4. The third-order valence-corrected chi connectivity index (χ3v) is 4.13. The Balaban J connectivity index is 2.46. The Morgan fingerprint density at radius 3 is 2.15 bits per heavy atom. The number of aromatic carboxylic acids is 1. The number of benzene rings is 2. The first-order valence-corrected chi connectivity index (χ1v) is 8.07. The molecule has 0 aliphatic rings. The molecular formula is C19H20N2O5. The minimum absolute atomic E-state index is 0.0271. The quantitative estimate of drug-likeness (QED) is 0.627. The van der Waals surface area contributed by atoms with E-state index >= 15 is 0 Å². The van der Waals surface area contributed by atoms with Gasteiger partial charge in [0.2, 0.25) is 0 Å². The lowest BCUT2D eigenvalue weighted by atomic mass is 9.94. The highest BCUT2D eigenvalue weighted by Gasteiger charge is 2.27. The Bertz CT molecular complexity index is 801. The zero-order valence-electron chi connectivity index (χ0n) is 14.7. The third-order valence-electron chi connectivity index (χ3n) is 4.13. The van der Waals surface area contributed by atoms with Gasteiger partial charge in [0, 0.05) is 24.7 Å². The molecule has 0 heterocycles. The molecule has 0 aliphatic carbocycles. The van der Waals surface area contributed by atoms with E-state index in [-0.39, 0.29) is 23.1 Å². The fourth-order valence-electron chi connectivity index (χ4n) is 3.00. The van der Waals surface area contributed by atoms with Gasteiger partial charge in [0.1, 0.15) is 0 Å². The molecule has 2 aromatic carbocycles. The molecule has 1 N–H and O–H groups in total. The van der Waals surface area contributed by atoms with E-state index in [1.54, 1.807) is 7.05 Å². The van der Waals surface area contributed by atoms with Gasteiger partial charge < -0.3 is 10.0 Å². The van der Waals surface area contributed by atoms with Crippen LogP contribution in [0.4, 0.5) is 5.69 Å². The summed E-state index contributed by atoms with van der Waals surface area (Å²) in [7, 11) is 1.61. The van der Waals surface area contributed by atoms with Crippen LogP contribution in [-0.2, 0) is 0 Å². The maximum atomic E-state index is 12.9. The molecular weight excluding hydrogens is 336 g/mol. The monoisotopic (exact) mass is 356 g/mol. The largest absolute Gasteiger partial charge is 0.478 e. The van der Waals surface area contributed by atoms with Crippen LogP contribution in [0.3, 0.4) is 0 Å². The molecule has 1 amide bonds. The fourth-order valence-corrected chi connectivity index (χ4v) is 3.00. The number of hydrogen-bond donors (Lipinski definition) is 1. The smallest absolute Gasteiger partial charge is 0.335 e. The molecule has 0 saturated heterocycles. The van der Waals surface area contributed by atoms with Crippen molar-refractivity contribution in [3.05, 3.63) is 75.3 Å². The molecule has 2 aromatic rings. The lowest BCUT2D eigenvalue weighted by Crippen LogP contribution is -2.34. The van der Waals surface area contributed by atoms with Gasteiger partial charge in [0.15, 0.2) is 0 Å². The molecule has 7 heteroatoms. The molecule has 0 bridgehead atoms. The van der Waals surface area contributed by atoms with Gasteiger partial charge in [-0.1, -0.05) is 44.2 Å². The summed E-state index contributed by atoms with van der Waals surface area (Å²) in [6.07, 6.45) is 0. The fraction of sp³-hybridized carbons (Fsp3) is 0.263. The van der Waals surface area contributed by atoms with Crippen molar-refractivity contribution < 1.29 is 19.6 Å². The summed E-state index contributed by atoms with van der Waals surface area (Å²) < 4.78 is 0. The van der Waals surface area contributed by atoms with Crippen molar-refractivity contribution in [1.29, 1.82) is 0 Å². The van der Waals surface area contributed by atoms with Crippen LogP contribution in [0.1, 0.15) is 46.2 Å². The number of rotatable bonds is 6. The number of non-ortho nitro benzene ring substituents is 1. The van der Waals surface area contributed by atoms with E-state index in [0.717, 1.165) is 23.8 Å². The molecule has 7 nitrogen and oxygen atoms in total. The molecule has 0 aromatic heterocycles. The van der Waals surface area contributed by atoms with Crippen molar-refractivity contribution in [2.24, 2.45) is 5.92 Å². The Hall–Kier alpha value is -3.22. The zero-order valence-corrected chi connectivity index (χ0v) is 14.7. The lowest BCUT2D eigenvalue weighted by molar-refractivity contribution is -0.384. The van der Waals surface area contributed by atoms with Crippen LogP contribution >= 0.6 is 0 Å². The summed E-state index contributed by atoms with van der Waals surface area (Å²) in [4.78, 5) is 36.0. The molecule has 0 spiro atoms. The summed E-state index contributed by atoms with van der Waals surface area (Å²) in [5.41, 5.74) is 0.183. The highest BCUT2D eigenvalue weighted by Crippen LogP contribution is 2.29. The number of carbonyl (C=O) groups is 2. The second-order valence-electron chi connectivity index (χ2n) is 6.35. The SMILES string of the molecule is CC(C)C(c1ccccc1)N(C)C(=O)c1cc(C(=O)O)cc([N+](=O)[O-])c1. The molecule has 0 radical (unpaired) electrons. The van der Waals surface area contributed by atoms with Crippen molar-refractivity contribution in [3.8, 4) is 0 Å². The maximum Gasteiger partial charge on any atom is 0.335 e. The van der Waals surface area contributed by atoms with Gasteiger partial charge in [0.05, 0.1) is 16.5 Å². The van der Waals surface area contributed by atoms with Crippen molar-refractivity contribution in [2.45, 2.75) is 19.9 Å². The number of nitro benzene ring substituents is 1. The van der Waals surface area contributed by atoms with E-state index in [2.05, 4.69) is 0 Å². The second-order valence-corrected chi connectivity index (χ2v) is 6.35. The van der Waals surface area contributed by atoms with Crippen molar-refractivity contribution in [1.82, 2.24) is 4.90 Å². The van der Waals surface area contributed by atoms with Crippen LogP contribution < -0.4 is 0 Å². The molecule has 0 fully saturated rings. The van der Waals surface area contributed by atoms with E-state index in [1.165, 1.54) is 4.90 Å². The minimum Gasteiger partial charge on any atom is -0.478 e.